The van der Waals surface area contributed by atoms with Crippen molar-refractivity contribution in [3.05, 3.63) is 45.8 Å². The minimum atomic E-state index is -3.76. The highest BCUT2D eigenvalue weighted by Gasteiger charge is 2.31. The summed E-state index contributed by atoms with van der Waals surface area (Å²) in [5, 5.41) is 4.84. The normalized spacial score (nSPS) is 15.1. The van der Waals surface area contributed by atoms with E-state index in [1.165, 1.54) is 28.8 Å². The van der Waals surface area contributed by atoms with Crippen molar-refractivity contribution >= 4 is 50.8 Å². The van der Waals surface area contributed by atoms with Crippen LogP contribution in [0.1, 0.15) is 24.6 Å². The van der Waals surface area contributed by atoms with Crippen LogP contribution < -0.4 is 4.90 Å². The van der Waals surface area contributed by atoms with Gasteiger partial charge in [0.05, 0.1) is 11.5 Å². The van der Waals surface area contributed by atoms with E-state index in [1.807, 2.05) is 11.8 Å². The summed E-state index contributed by atoms with van der Waals surface area (Å²) in [6.45, 7) is 5.28. The van der Waals surface area contributed by atoms with Gasteiger partial charge in [-0.2, -0.15) is 18.9 Å². The minimum absolute atomic E-state index is 0.0620. The standard InChI is InChI=1S/C21H24Cl2N6O4S/c1-3-33-19(30)5-4-18-14(2)26-21-24-13-25-29(21)20(18)27-6-8-28(9-7-27)34(31,32)17-11-15(22)10-16(23)12-17/h10-13H,3-9H2,1-2H3. The molecule has 2 aromatic heterocycles. The lowest BCUT2D eigenvalue weighted by molar-refractivity contribution is -0.143. The first-order valence-electron chi connectivity index (χ1n) is 10.8. The summed E-state index contributed by atoms with van der Waals surface area (Å²) in [7, 11) is -3.76. The molecule has 0 radical (unpaired) electrons. The molecule has 182 valence electrons. The Bertz CT molecular complexity index is 1300. The van der Waals surface area contributed by atoms with Crippen molar-refractivity contribution in [2.45, 2.75) is 31.6 Å². The average molecular weight is 527 g/mol. The highest BCUT2D eigenvalue weighted by atomic mass is 35.5. The minimum Gasteiger partial charge on any atom is -0.466 e. The van der Waals surface area contributed by atoms with Crippen LogP contribution in [0.25, 0.3) is 5.78 Å². The Labute approximate surface area is 207 Å². The van der Waals surface area contributed by atoms with Crippen LogP contribution in [0.3, 0.4) is 0 Å². The number of halogens is 2. The van der Waals surface area contributed by atoms with E-state index in [4.69, 9.17) is 27.9 Å². The molecule has 0 amide bonds. The monoisotopic (exact) mass is 526 g/mol. The Balaban J connectivity index is 1.60. The number of aryl methyl sites for hydroxylation is 1. The molecular weight excluding hydrogens is 503 g/mol. The number of aromatic nitrogens is 4. The lowest BCUT2D eigenvalue weighted by Crippen LogP contribution is -2.49. The molecule has 3 aromatic rings. The average Bonchev–Trinajstić information content (AvgIpc) is 3.25. The smallest absolute Gasteiger partial charge is 0.306 e. The molecule has 4 rings (SSSR count). The lowest BCUT2D eigenvalue weighted by Gasteiger charge is -2.36. The van der Waals surface area contributed by atoms with Crippen molar-refractivity contribution in [3.8, 4) is 0 Å². The molecule has 1 aliphatic heterocycles. The van der Waals surface area contributed by atoms with Gasteiger partial charge in [-0.1, -0.05) is 23.2 Å². The van der Waals surface area contributed by atoms with Gasteiger partial charge in [0.15, 0.2) is 0 Å². The van der Waals surface area contributed by atoms with Gasteiger partial charge in [0.1, 0.15) is 12.1 Å². The van der Waals surface area contributed by atoms with Gasteiger partial charge < -0.3 is 9.64 Å². The van der Waals surface area contributed by atoms with Crippen LogP contribution in [-0.4, -0.2) is 71.1 Å². The van der Waals surface area contributed by atoms with Crippen LogP contribution in [0.5, 0.6) is 0 Å². The highest BCUT2D eigenvalue weighted by molar-refractivity contribution is 7.89. The van der Waals surface area contributed by atoms with Crippen LogP contribution in [0.15, 0.2) is 29.4 Å². The number of piperazine rings is 1. The van der Waals surface area contributed by atoms with E-state index < -0.39 is 10.0 Å². The topological polar surface area (TPSA) is 110 Å². The predicted molar refractivity (Wildman–Crippen MR) is 128 cm³/mol. The number of rotatable bonds is 7. The van der Waals surface area contributed by atoms with Gasteiger partial charge >= 0.3 is 5.97 Å². The molecule has 13 heteroatoms. The molecule has 3 heterocycles. The van der Waals surface area contributed by atoms with Crippen molar-refractivity contribution in [1.29, 1.82) is 0 Å². The molecule has 0 bridgehead atoms. The molecule has 1 aromatic carbocycles. The fraction of sp³-hybridized carbons (Fsp3) is 0.429. The van der Waals surface area contributed by atoms with Gasteiger partial charge in [0.25, 0.3) is 5.78 Å². The largest absolute Gasteiger partial charge is 0.466 e. The molecule has 0 aliphatic carbocycles. The summed E-state index contributed by atoms with van der Waals surface area (Å²) in [4.78, 5) is 22.8. The van der Waals surface area contributed by atoms with E-state index in [-0.39, 0.29) is 40.4 Å². The zero-order valence-corrected chi connectivity index (χ0v) is 21.1. The van der Waals surface area contributed by atoms with Gasteiger partial charge in [0.2, 0.25) is 10.0 Å². The van der Waals surface area contributed by atoms with E-state index in [1.54, 1.807) is 11.4 Å². The third-order valence-corrected chi connectivity index (χ3v) is 7.91. The molecule has 34 heavy (non-hydrogen) atoms. The van der Waals surface area contributed by atoms with Gasteiger partial charge in [0, 0.05) is 53.9 Å². The summed E-state index contributed by atoms with van der Waals surface area (Å²) in [6, 6.07) is 4.29. The number of hydrogen-bond acceptors (Lipinski definition) is 8. The zero-order chi connectivity index (χ0) is 24.5. The van der Waals surface area contributed by atoms with E-state index in [0.717, 1.165) is 17.1 Å². The second-order valence-electron chi connectivity index (χ2n) is 7.77. The van der Waals surface area contributed by atoms with Crippen molar-refractivity contribution in [1.82, 2.24) is 23.9 Å². The predicted octanol–water partition coefficient (Wildman–Crippen LogP) is 2.75. The van der Waals surface area contributed by atoms with Gasteiger partial charge in [-0.25, -0.2) is 13.4 Å². The maximum Gasteiger partial charge on any atom is 0.306 e. The Morgan fingerprint density at radius 3 is 2.44 bits per heavy atom. The number of nitrogens with zero attached hydrogens (tertiary/aromatic N) is 6. The summed E-state index contributed by atoms with van der Waals surface area (Å²) in [6.07, 6.45) is 2.04. The number of anilines is 1. The Morgan fingerprint density at radius 2 is 1.79 bits per heavy atom. The molecule has 0 spiro atoms. The molecular formula is C21H24Cl2N6O4S. The van der Waals surface area contributed by atoms with Crippen LogP contribution in [0, 0.1) is 6.92 Å². The van der Waals surface area contributed by atoms with E-state index in [0.29, 0.717) is 31.9 Å². The number of hydrogen-bond donors (Lipinski definition) is 0. The first-order chi connectivity index (χ1) is 16.2. The van der Waals surface area contributed by atoms with Gasteiger partial charge in [-0.05, 0) is 38.5 Å². The first kappa shape index (κ1) is 24.6. The quantitative estimate of drug-likeness (QED) is 0.432. The van der Waals surface area contributed by atoms with Gasteiger partial charge in [-0.15, -0.1) is 0 Å². The number of ether oxygens (including phenoxy) is 1. The Morgan fingerprint density at radius 1 is 1.12 bits per heavy atom. The van der Waals surface area contributed by atoms with Crippen LogP contribution in [-0.2, 0) is 26.0 Å². The maximum absolute atomic E-state index is 13.2. The third-order valence-electron chi connectivity index (χ3n) is 5.60. The Kier molecular flexibility index (Phi) is 7.27. The van der Waals surface area contributed by atoms with E-state index in [2.05, 4.69) is 15.1 Å². The van der Waals surface area contributed by atoms with Crippen LogP contribution in [0.4, 0.5) is 5.82 Å². The number of esters is 1. The summed E-state index contributed by atoms with van der Waals surface area (Å²) >= 11 is 12.0. The fourth-order valence-electron chi connectivity index (χ4n) is 4.01. The SMILES string of the molecule is CCOC(=O)CCc1c(C)nc2ncnn2c1N1CCN(S(=O)(=O)c2cc(Cl)cc(Cl)c2)CC1. The molecule has 1 saturated heterocycles. The first-order valence-corrected chi connectivity index (χ1v) is 13.0. The summed E-state index contributed by atoms with van der Waals surface area (Å²) < 4.78 is 34.5. The summed E-state index contributed by atoms with van der Waals surface area (Å²) in [5.74, 6) is 0.908. The van der Waals surface area contributed by atoms with Crippen LogP contribution >= 0.6 is 23.2 Å². The second-order valence-corrected chi connectivity index (χ2v) is 10.6. The number of carbonyl (C=O) groups is 1. The number of fused-ring (bicyclic) bond motifs is 1. The molecule has 0 unspecified atom stereocenters. The molecule has 0 N–H and O–H groups in total. The van der Waals surface area contributed by atoms with E-state index in [9.17, 15) is 13.2 Å². The molecule has 10 nitrogen and oxygen atoms in total. The Hall–Kier alpha value is -2.47. The van der Waals surface area contributed by atoms with Crippen molar-refractivity contribution in [2.24, 2.45) is 0 Å². The third kappa shape index (κ3) is 4.97. The zero-order valence-electron chi connectivity index (χ0n) is 18.7. The highest BCUT2D eigenvalue weighted by Crippen LogP contribution is 2.29. The summed E-state index contributed by atoms with van der Waals surface area (Å²) in [5.41, 5.74) is 1.59. The maximum atomic E-state index is 13.2. The fourth-order valence-corrected chi connectivity index (χ4v) is 6.16. The number of carbonyl (C=O) groups excluding carboxylic acids is 1. The molecule has 1 fully saturated rings. The molecule has 1 aliphatic rings. The lowest BCUT2D eigenvalue weighted by atomic mass is 10.1. The van der Waals surface area contributed by atoms with Crippen molar-refractivity contribution in [2.75, 3.05) is 37.7 Å². The number of benzene rings is 1. The molecule has 0 atom stereocenters. The van der Waals surface area contributed by atoms with Gasteiger partial charge in [-0.3, -0.25) is 4.79 Å². The van der Waals surface area contributed by atoms with E-state index >= 15 is 0 Å². The second kappa shape index (κ2) is 10.0. The van der Waals surface area contributed by atoms with Crippen molar-refractivity contribution in [3.63, 3.8) is 0 Å². The van der Waals surface area contributed by atoms with Crippen LogP contribution in [0.2, 0.25) is 10.0 Å². The molecule has 0 saturated carbocycles. The van der Waals surface area contributed by atoms with Crippen molar-refractivity contribution < 1.29 is 17.9 Å². The number of sulfonamides is 1.